The number of hydrogen-bond donors (Lipinski definition) is 0. The molecule has 13 heavy (non-hydrogen) atoms. The first-order chi connectivity index (χ1) is 6.34. The Morgan fingerprint density at radius 1 is 1.77 bits per heavy atom. The highest BCUT2D eigenvalue weighted by Crippen LogP contribution is 2.18. The van der Waals surface area contributed by atoms with Gasteiger partial charge in [0.2, 0.25) is 0 Å². The lowest BCUT2D eigenvalue weighted by Gasteiger charge is -2.29. The molecular formula is C9H14N2OS. The third-order valence-corrected chi connectivity index (χ3v) is 3.34. The van der Waals surface area contributed by atoms with Crippen LogP contribution in [-0.2, 0) is 6.54 Å². The van der Waals surface area contributed by atoms with Crippen molar-refractivity contribution in [3.8, 4) is 0 Å². The van der Waals surface area contributed by atoms with Crippen LogP contribution in [0.25, 0.3) is 0 Å². The predicted molar refractivity (Wildman–Crippen MR) is 53.7 cm³/mol. The van der Waals surface area contributed by atoms with Crippen molar-refractivity contribution in [3.05, 3.63) is 18.0 Å². The van der Waals surface area contributed by atoms with E-state index in [4.69, 9.17) is 4.52 Å². The molecule has 3 nitrogen and oxygen atoms in total. The highest BCUT2D eigenvalue weighted by Gasteiger charge is 2.17. The molecule has 2 heterocycles. The maximum absolute atomic E-state index is 4.80. The Morgan fingerprint density at radius 2 is 2.69 bits per heavy atom. The van der Waals surface area contributed by atoms with Gasteiger partial charge in [0.1, 0.15) is 6.26 Å². The minimum absolute atomic E-state index is 0.751. The number of hydrogen-bond acceptors (Lipinski definition) is 4. The third-order valence-electron chi connectivity index (χ3n) is 2.20. The topological polar surface area (TPSA) is 29.3 Å². The molecule has 0 bridgehead atoms. The van der Waals surface area contributed by atoms with E-state index in [1.54, 1.807) is 6.26 Å². The summed E-state index contributed by atoms with van der Waals surface area (Å²) in [5.74, 6) is 1.24. The molecule has 1 atom stereocenters. The maximum atomic E-state index is 4.80. The van der Waals surface area contributed by atoms with Gasteiger partial charge in [0.25, 0.3) is 0 Å². The van der Waals surface area contributed by atoms with Crippen LogP contribution in [0.15, 0.2) is 16.9 Å². The Labute approximate surface area is 82.5 Å². The largest absolute Gasteiger partial charge is 0.364 e. The first-order valence-corrected chi connectivity index (χ1v) is 5.62. The number of rotatable bonds is 2. The maximum Gasteiger partial charge on any atom is 0.124 e. The van der Waals surface area contributed by atoms with E-state index in [-0.39, 0.29) is 0 Å². The smallest absolute Gasteiger partial charge is 0.124 e. The lowest BCUT2D eigenvalue weighted by Crippen LogP contribution is -2.36. The Kier molecular flexibility index (Phi) is 2.90. The van der Waals surface area contributed by atoms with Crippen LogP contribution in [0.2, 0.25) is 0 Å². The summed E-state index contributed by atoms with van der Waals surface area (Å²) < 4.78 is 4.80. The molecule has 0 N–H and O–H groups in total. The van der Waals surface area contributed by atoms with Gasteiger partial charge in [0.05, 0.1) is 5.69 Å². The quantitative estimate of drug-likeness (QED) is 0.722. The number of aromatic nitrogens is 1. The zero-order valence-corrected chi connectivity index (χ0v) is 8.59. The molecule has 4 heteroatoms. The van der Waals surface area contributed by atoms with Gasteiger partial charge in [-0.15, -0.1) is 0 Å². The first kappa shape index (κ1) is 9.09. The Morgan fingerprint density at radius 3 is 3.38 bits per heavy atom. The molecule has 1 fully saturated rings. The second kappa shape index (κ2) is 4.15. The van der Waals surface area contributed by atoms with E-state index >= 15 is 0 Å². The molecule has 2 rings (SSSR count). The van der Waals surface area contributed by atoms with Crippen molar-refractivity contribution in [2.45, 2.75) is 18.7 Å². The molecule has 1 aromatic rings. The summed E-state index contributed by atoms with van der Waals surface area (Å²) >= 11 is 2.05. The minimum atomic E-state index is 0.751. The van der Waals surface area contributed by atoms with E-state index in [0.29, 0.717) is 0 Å². The molecule has 0 radical (unpaired) electrons. The van der Waals surface area contributed by atoms with Gasteiger partial charge in [-0.05, 0) is 0 Å². The van der Waals surface area contributed by atoms with Crippen LogP contribution >= 0.6 is 11.8 Å². The van der Waals surface area contributed by atoms with Gasteiger partial charge in [0, 0.05) is 36.7 Å². The molecule has 0 amide bonds. The molecule has 1 aliphatic rings. The summed E-state index contributed by atoms with van der Waals surface area (Å²) in [6.07, 6.45) is 1.64. The molecule has 0 saturated carbocycles. The van der Waals surface area contributed by atoms with Crippen molar-refractivity contribution >= 4 is 11.8 Å². The zero-order valence-electron chi connectivity index (χ0n) is 7.77. The van der Waals surface area contributed by atoms with Crippen LogP contribution in [0, 0.1) is 0 Å². The van der Waals surface area contributed by atoms with Gasteiger partial charge in [-0.25, -0.2) is 0 Å². The van der Waals surface area contributed by atoms with Crippen molar-refractivity contribution in [3.63, 3.8) is 0 Å². The molecule has 0 aliphatic carbocycles. The van der Waals surface area contributed by atoms with Crippen LogP contribution in [0.3, 0.4) is 0 Å². The fourth-order valence-corrected chi connectivity index (χ4v) is 2.66. The molecular weight excluding hydrogens is 184 g/mol. The summed E-state index contributed by atoms with van der Waals surface area (Å²) in [5, 5.41) is 4.66. The summed E-state index contributed by atoms with van der Waals surface area (Å²) in [5.41, 5.74) is 1.04. The zero-order chi connectivity index (χ0) is 9.10. The van der Waals surface area contributed by atoms with E-state index in [0.717, 1.165) is 24.0 Å². The van der Waals surface area contributed by atoms with Gasteiger partial charge < -0.3 is 4.52 Å². The van der Waals surface area contributed by atoms with Gasteiger partial charge in [-0.2, -0.15) is 11.8 Å². The van der Waals surface area contributed by atoms with Crippen molar-refractivity contribution in [2.75, 3.05) is 18.8 Å². The molecule has 1 saturated heterocycles. The Bertz CT molecular complexity index is 250. The van der Waals surface area contributed by atoms with Crippen LogP contribution in [0.4, 0.5) is 0 Å². The second-order valence-electron chi connectivity index (χ2n) is 3.41. The SMILES string of the molecule is CC1CN(Cc2ccon2)CCS1. The first-order valence-electron chi connectivity index (χ1n) is 4.58. The third kappa shape index (κ3) is 2.48. The lowest BCUT2D eigenvalue weighted by molar-refractivity contribution is 0.268. The van der Waals surface area contributed by atoms with Gasteiger partial charge in [-0.1, -0.05) is 12.1 Å². The Balaban J connectivity index is 1.87. The molecule has 1 unspecified atom stereocenters. The Hall–Kier alpha value is -0.480. The standard InChI is InChI=1S/C9H14N2OS/c1-8-6-11(3-5-13-8)7-9-2-4-12-10-9/h2,4,8H,3,5-7H2,1H3. The van der Waals surface area contributed by atoms with Gasteiger partial charge >= 0.3 is 0 Å². The summed E-state index contributed by atoms with van der Waals surface area (Å²) in [4.78, 5) is 2.43. The predicted octanol–water partition coefficient (Wildman–Crippen LogP) is 1.61. The van der Waals surface area contributed by atoms with E-state index in [1.807, 2.05) is 17.8 Å². The lowest BCUT2D eigenvalue weighted by atomic mass is 10.3. The van der Waals surface area contributed by atoms with Crippen molar-refractivity contribution in [2.24, 2.45) is 0 Å². The summed E-state index contributed by atoms with van der Waals surface area (Å²) in [6.45, 7) is 5.54. The van der Waals surface area contributed by atoms with Crippen LogP contribution in [0.5, 0.6) is 0 Å². The fraction of sp³-hybridized carbons (Fsp3) is 0.667. The summed E-state index contributed by atoms with van der Waals surface area (Å²) in [6, 6.07) is 1.94. The van der Waals surface area contributed by atoms with E-state index in [9.17, 15) is 0 Å². The highest BCUT2D eigenvalue weighted by molar-refractivity contribution is 7.99. The van der Waals surface area contributed by atoms with E-state index < -0.39 is 0 Å². The van der Waals surface area contributed by atoms with Crippen LogP contribution in [-0.4, -0.2) is 34.1 Å². The highest BCUT2D eigenvalue weighted by atomic mass is 32.2. The van der Waals surface area contributed by atoms with Gasteiger partial charge in [-0.3, -0.25) is 4.90 Å². The monoisotopic (exact) mass is 198 g/mol. The van der Waals surface area contributed by atoms with Crippen LogP contribution in [0.1, 0.15) is 12.6 Å². The molecule has 1 aliphatic heterocycles. The van der Waals surface area contributed by atoms with Crippen molar-refractivity contribution < 1.29 is 4.52 Å². The molecule has 0 spiro atoms. The number of thioether (sulfide) groups is 1. The number of nitrogens with zero attached hydrogens (tertiary/aromatic N) is 2. The average molecular weight is 198 g/mol. The summed E-state index contributed by atoms with van der Waals surface area (Å²) in [7, 11) is 0. The van der Waals surface area contributed by atoms with Crippen molar-refractivity contribution in [1.29, 1.82) is 0 Å². The van der Waals surface area contributed by atoms with E-state index in [1.165, 1.54) is 12.3 Å². The minimum Gasteiger partial charge on any atom is -0.364 e. The van der Waals surface area contributed by atoms with Crippen molar-refractivity contribution in [1.82, 2.24) is 10.1 Å². The van der Waals surface area contributed by atoms with Gasteiger partial charge in [0.15, 0.2) is 0 Å². The molecule has 72 valence electrons. The van der Waals surface area contributed by atoms with E-state index in [2.05, 4.69) is 17.0 Å². The molecule has 1 aromatic heterocycles. The van der Waals surface area contributed by atoms with Crippen LogP contribution < -0.4 is 0 Å². The normalized spacial score (nSPS) is 24.8. The molecule has 0 aromatic carbocycles. The average Bonchev–Trinajstić information content (AvgIpc) is 2.57. The fourth-order valence-electron chi connectivity index (χ4n) is 1.58. The second-order valence-corrected chi connectivity index (χ2v) is 4.95.